The fourth-order valence-electron chi connectivity index (χ4n) is 0.948. The van der Waals surface area contributed by atoms with Crippen LogP contribution in [0.5, 0.6) is 0 Å². The number of nitrogens with two attached hydrogens (primary N) is 1. The van der Waals surface area contributed by atoms with Crippen molar-refractivity contribution in [1.29, 1.82) is 0 Å². The second-order valence-electron chi connectivity index (χ2n) is 4.56. The number of carbonyl (C=O) groups is 2. The Balaban J connectivity index is 3.79. The van der Waals surface area contributed by atoms with Gasteiger partial charge in [0.1, 0.15) is 0 Å². The zero-order valence-corrected chi connectivity index (χ0v) is 10.5. The molecule has 0 aliphatic rings. The molecular formula is C11H23N3O2. The molecule has 5 nitrogen and oxygen atoms in total. The van der Waals surface area contributed by atoms with Crippen molar-refractivity contribution in [3.8, 4) is 0 Å². The maximum absolute atomic E-state index is 11.5. The zero-order chi connectivity index (χ0) is 12.7. The highest BCUT2D eigenvalue weighted by Crippen LogP contribution is 1.98. The van der Waals surface area contributed by atoms with Gasteiger partial charge in [-0.1, -0.05) is 20.8 Å². The summed E-state index contributed by atoms with van der Waals surface area (Å²) in [5.41, 5.74) is 5.58. The number of rotatable bonds is 6. The molecule has 0 rings (SSSR count). The highest BCUT2D eigenvalue weighted by molar-refractivity contribution is 5.85. The van der Waals surface area contributed by atoms with Gasteiger partial charge in [0.2, 0.25) is 11.8 Å². The molecule has 16 heavy (non-hydrogen) atoms. The maximum atomic E-state index is 11.5. The highest BCUT2D eigenvalue weighted by atomic mass is 16.2. The molecule has 0 fully saturated rings. The first-order chi connectivity index (χ1) is 7.34. The average molecular weight is 229 g/mol. The third-order valence-electron chi connectivity index (χ3n) is 2.33. The van der Waals surface area contributed by atoms with Crippen LogP contribution in [-0.4, -0.2) is 30.9 Å². The van der Waals surface area contributed by atoms with Crippen molar-refractivity contribution in [2.24, 2.45) is 17.6 Å². The summed E-state index contributed by atoms with van der Waals surface area (Å²) >= 11 is 0. The summed E-state index contributed by atoms with van der Waals surface area (Å²) in [6, 6.07) is -0.210. The number of amides is 2. The molecule has 0 heterocycles. The Labute approximate surface area is 97.2 Å². The van der Waals surface area contributed by atoms with E-state index in [2.05, 4.69) is 10.6 Å². The number of hydrogen-bond acceptors (Lipinski definition) is 3. The Morgan fingerprint density at radius 3 is 2.12 bits per heavy atom. The monoisotopic (exact) mass is 229 g/mol. The summed E-state index contributed by atoms with van der Waals surface area (Å²) in [5, 5.41) is 5.28. The molecule has 0 saturated carbocycles. The van der Waals surface area contributed by atoms with Crippen molar-refractivity contribution in [3.05, 3.63) is 0 Å². The first-order valence-corrected chi connectivity index (χ1v) is 5.64. The lowest BCUT2D eigenvalue weighted by atomic mass is 10.0. The quantitative estimate of drug-likeness (QED) is 0.592. The van der Waals surface area contributed by atoms with Gasteiger partial charge in [0, 0.05) is 18.5 Å². The molecule has 0 saturated heterocycles. The predicted molar refractivity (Wildman–Crippen MR) is 63.7 cm³/mol. The molecule has 0 aromatic carbocycles. The van der Waals surface area contributed by atoms with E-state index < -0.39 is 0 Å². The topological polar surface area (TPSA) is 84.2 Å². The first kappa shape index (κ1) is 14.9. The van der Waals surface area contributed by atoms with Crippen LogP contribution in [-0.2, 0) is 9.59 Å². The van der Waals surface area contributed by atoms with E-state index >= 15 is 0 Å². The molecular weight excluding hydrogens is 206 g/mol. The molecule has 0 aliphatic heterocycles. The summed E-state index contributed by atoms with van der Waals surface area (Å²) in [6.45, 7) is 8.17. The Hall–Kier alpha value is -1.10. The average Bonchev–Trinajstić information content (AvgIpc) is 2.21. The molecule has 0 spiro atoms. The Kier molecular flexibility index (Phi) is 6.72. The van der Waals surface area contributed by atoms with E-state index in [1.165, 1.54) is 0 Å². The van der Waals surface area contributed by atoms with Crippen LogP contribution in [0.4, 0.5) is 0 Å². The van der Waals surface area contributed by atoms with Crippen LogP contribution < -0.4 is 16.4 Å². The third-order valence-corrected chi connectivity index (χ3v) is 2.33. The van der Waals surface area contributed by atoms with E-state index in [0.717, 1.165) is 0 Å². The van der Waals surface area contributed by atoms with Crippen LogP contribution in [0.3, 0.4) is 0 Å². The van der Waals surface area contributed by atoms with Gasteiger partial charge < -0.3 is 16.4 Å². The van der Waals surface area contributed by atoms with Crippen molar-refractivity contribution < 1.29 is 9.59 Å². The van der Waals surface area contributed by atoms with Crippen LogP contribution in [0, 0.1) is 11.8 Å². The van der Waals surface area contributed by atoms with Gasteiger partial charge in [0.05, 0.1) is 6.54 Å². The summed E-state index contributed by atoms with van der Waals surface area (Å²) < 4.78 is 0. The lowest BCUT2D eigenvalue weighted by Crippen LogP contribution is -2.43. The Morgan fingerprint density at radius 1 is 1.12 bits per heavy atom. The molecule has 2 atom stereocenters. The van der Waals surface area contributed by atoms with E-state index in [-0.39, 0.29) is 30.3 Å². The second-order valence-corrected chi connectivity index (χ2v) is 4.56. The molecule has 0 bridgehead atoms. The van der Waals surface area contributed by atoms with Crippen molar-refractivity contribution in [2.45, 2.75) is 33.7 Å². The molecule has 5 heteroatoms. The van der Waals surface area contributed by atoms with E-state index in [1.54, 1.807) is 13.8 Å². The summed E-state index contributed by atoms with van der Waals surface area (Å²) in [6.07, 6.45) is 0. The molecule has 0 aromatic heterocycles. The van der Waals surface area contributed by atoms with Crippen LogP contribution in [0.1, 0.15) is 27.7 Å². The van der Waals surface area contributed by atoms with Gasteiger partial charge in [-0.3, -0.25) is 9.59 Å². The number of nitrogens with one attached hydrogen (secondary N) is 2. The van der Waals surface area contributed by atoms with Gasteiger partial charge in [-0.15, -0.1) is 0 Å². The van der Waals surface area contributed by atoms with Gasteiger partial charge in [-0.25, -0.2) is 0 Å². The molecule has 2 unspecified atom stereocenters. The van der Waals surface area contributed by atoms with Crippen LogP contribution in [0.25, 0.3) is 0 Å². The second kappa shape index (κ2) is 7.22. The summed E-state index contributed by atoms with van der Waals surface area (Å²) in [7, 11) is 0. The normalized spacial score (nSPS) is 14.4. The van der Waals surface area contributed by atoms with Crippen molar-refractivity contribution >= 4 is 11.8 Å². The van der Waals surface area contributed by atoms with Crippen molar-refractivity contribution in [2.75, 3.05) is 13.1 Å². The first-order valence-electron chi connectivity index (χ1n) is 5.64. The van der Waals surface area contributed by atoms with Crippen LogP contribution >= 0.6 is 0 Å². The minimum Gasteiger partial charge on any atom is -0.354 e. The molecule has 0 aliphatic carbocycles. The fourth-order valence-corrected chi connectivity index (χ4v) is 0.948. The van der Waals surface area contributed by atoms with Crippen LogP contribution in [0.15, 0.2) is 0 Å². The minimum atomic E-state index is -0.280. The van der Waals surface area contributed by atoms with E-state index in [0.29, 0.717) is 12.5 Å². The molecule has 2 amide bonds. The molecule has 94 valence electrons. The van der Waals surface area contributed by atoms with Gasteiger partial charge in [0.15, 0.2) is 0 Å². The summed E-state index contributed by atoms with van der Waals surface area (Å²) in [5.74, 6) is -0.228. The summed E-state index contributed by atoms with van der Waals surface area (Å²) in [4.78, 5) is 22.7. The van der Waals surface area contributed by atoms with E-state index in [9.17, 15) is 9.59 Å². The third kappa shape index (κ3) is 6.40. The predicted octanol–water partition coefficient (Wildman–Crippen LogP) is -0.142. The Bertz CT molecular complexity index is 239. The van der Waals surface area contributed by atoms with Gasteiger partial charge >= 0.3 is 0 Å². The van der Waals surface area contributed by atoms with Crippen molar-refractivity contribution in [1.82, 2.24) is 10.6 Å². The molecule has 0 radical (unpaired) electrons. The van der Waals surface area contributed by atoms with Crippen LogP contribution in [0.2, 0.25) is 0 Å². The van der Waals surface area contributed by atoms with Gasteiger partial charge in [-0.05, 0) is 12.8 Å². The highest BCUT2D eigenvalue weighted by Gasteiger charge is 2.17. The number of hydrogen-bond donors (Lipinski definition) is 3. The van der Waals surface area contributed by atoms with Gasteiger partial charge in [-0.2, -0.15) is 0 Å². The van der Waals surface area contributed by atoms with E-state index in [1.807, 2.05) is 13.8 Å². The SMILES string of the molecule is CC(C)CNC(=O)CNC(=O)C(C)C(C)N. The standard InChI is InChI=1S/C11H23N3O2/c1-7(2)5-13-10(15)6-14-11(16)8(3)9(4)12/h7-9H,5-6,12H2,1-4H3,(H,13,15)(H,14,16). The van der Waals surface area contributed by atoms with Gasteiger partial charge in [0.25, 0.3) is 0 Å². The molecule has 0 aromatic rings. The lowest BCUT2D eigenvalue weighted by Gasteiger charge is -2.15. The smallest absolute Gasteiger partial charge is 0.239 e. The minimum absolute atomic E-state index is 0.0165. The Morgan fingerprint density at radius 2 is 1.69 bits per heavy atom. The van der Waals surface area contributed by atoms with Crippen molar-refractivity contribution in [3.63, 3.8) is 0 Å². The largest absolute Gasteiger partial charge is 0.354 e. The lowest BCUT2D eigenvalue weighted by molar-refractivity contribution is -0.128. The fraction of sp³-hybridized carbons (Fsp3) is 0.818. The zero-order valence-electron chi connectivity index (χ0n) is 10.5. The number of carbonyl (C=O) groups excluding carboxylic acids is 2. The maximum Gasteiger partial charge on any atom is 0.239 e. The molecule has 4 N–H and O–H groups in total. The van der Waals surface area contributed by atoms with E-state index in [4.69, 9.17) is 5.73 Å².